The summed E-state index contributed by atoms with van der Waals surface area (Å²) in [7, 11) is 0. The molecule has 1 atom stereocenters. The van der Waals surface area contributed by atoms with Crippen LogP contribution in [0.1, 0.15) is 18.5 Å². The van der Waals surface area contributed by atoms with E-state index in [1.165, 1.54) is 0 Å². The monoisotopic (exact) mass is 268 g/mol. The van der Waals surface area contributed by atoms with E-state index in [4.69, 9.17) is 4.74 Å². The number of hydrogen-bond donors (Lipinski definition) is 1. The molecular weight excluding hydrogens is 252 g/mol. The number of hydrogen-bond acceptors (Lipinski definition) is 5. The molecule has 20 heavy (non-hydrogen) atoms. The van der Waals surface area contributed by atoms with Gasteiger partial charge in [-0.2, -0.15) is 5.26 Å². The molecule has 0 bridgehead atoms. The van der Waals surface area contributed by atoms with E-state index >= 15 is 0 Å². The zero-order valence-electron chi connectivity index (χ0n) is 11.2. The number of nitrogens with zero attached hydrogens (tertiary/aromatic N) is 3. The lowest BCUT2D eigenvalue weighted by atomic mass is 10.0. The Hall–Kier alpha value is -2.19. The lowest BCUT2D eigenvalue weighted by molar-refractivity contribution is 0.0595. The molecule has 0 radical (unpaired) electrons. The van der Waals surface area contributed by atoms with Crippen LogP contribution in [0.25, 0.3) is 10.9 Å². The number of nitrogens with one attached hydrogen (secondary N) is 1. The lowest BCUT2D eigenvalue weighted by Crippen LogP contribution is -2.24. The summed E-state index contributed by atoms with van der Waals surface area (Å²) in [5.41, 5.74) is 1.93. The highest BCUT2D eigenvalue weighted by molar-refractivity contribution is 5.92. The van der Waals surface area contributed by atoms with Crippen molar-refractivity contribution in [2.24, 2.45) is 5.92 Å². The summed E-state index contributed by atoms with van der Waals surface area (Å²) in [6.45, 7) is 2.44. The average Bonchev–Trinajstić information content (AvgIpc) is 2.53. The van der Waals surface area contributed by atoms with Crippen LogP contribution in [-0.4, -0.2) is 30.0 Å². The fourth-order valence-corrected chi connectivity index (χ4v) is 2.53. The van der Waals surface area contributed by atoms with Gasteiger partial charge in [-0.15, -0.1) is 10.2 Å². The molecule has 0 aliphatic carbocycles. The van der Waals surface area contributed by atoms with Gasteiger partial charge in [0.25, 0.3) is 0 Å². The average molecular weight is 268 g/mol. The van der Waals surface area contributed by atoms with Crippen molar-refractivity contribution in [1.29, 1.82) is 5.26 Å². The van der Waals surface area contributed by atoms with E-state index in [0.717, 1.165) is 49.2 Å². The third-order valence-electron chi connectivity index (χ3n) is 3.60. The third kappa shape index (κ3) is 2.56. The molecular formula is C15H16N4O. The van der Waals surface area contributed by atoms with Gasteiger partial charge in [-0.1, -0.05) is 18.2 Å². The molecule has 1 fully saturated rings. The second-order valence-corrected chi connectivity index (χ2v) is 5.02. The molecule has 1 aliphatic rings. The van der Waals surface area contributed by atoms with Crippen molar-refractivity contribution >= 4 is 16.6 Å². The molecule has 0 spiro atoms. The first-order valence-electron chi connectivity index (χ1n) is 6.85. The van der Waals surface area contributed by atoms with Crippen molar-refractivity contribution in [1.82, 2.24) is 10.2 Å². The number of anilines is 1. The summed E-state index contributed by atoms with van der Waals surface area (Å²) < 4.78 is 5.48. The Balaban J connectivity index is 1.87. The van der Waals surface area contributed by atoms with Crippen molar-refractivity contribution in [2.45, 2.75) is 12.8 Å². The predicted molar refractivity (Wildman–Crippen MR) is 76.3 cm³/mol. The Morgan fingerprint density at radius 3 is 3.05 bits per heavy atom. The van der Waals surface area contributed by atoms with Crippen LogP contribution in [0.2, 0.25) is 0 Å². The number of benzene rings is 1. The molecule has 5 heteroatoms. The minimum absolute atomic E-state index is 0.348. The normalized spacial score (nSPS) is 18.6. The molecule has 102 valence electrons. The van der Waals surface area contributed by atoms with Gasteiger partial charge in [0.05, 0.1) is 17.8 Å². The van der Waals surface area contributed by atoms with Gasteiger partial charge in [-0.3, -0.25) is 0 Å². The van der Waals surface area contributed by atoms with Crippen molar-refractivity contribution in [3.63, 3.8) is 0 Å². The van der Waals surface area contributed by atoms with Crippen LogP contribution in [0.15, 0.2) is 24.3 Å². The Morgan fingerprint density at radius 2 is 2.25 bits per heavy atom. The maximum absolute atomic E-state index is 9.20. The molecule has 0 saturated carbocycles. The van der Waals surface area contributed by atoms with Crippen LogP contribution >= 0.6 is 0 Å². The van der Waals surface area contributed by atoms with Gasteiger partial charge in [0.2, 0.25) is 0 Å². The van der Waals surface area contributed by atoms with Crippen molar-refractivity contribution in [2.75, 3.05) is 25.1 Å². The maximum Gasteiger partial charge on any atom is 0.186 e. The third-order valence-corrected chi connectivity index (χ3v) is 3.60. The second kappa shape index (κ2) is 5.85. The summed E-state index contributed by atoms with van der Waals surface area (Å²) in [5.74, 6) is 0.488. The van der Waals surface area contributed by atoms with Crippen molar-refractivity contribution in [3.05, 3.63) is 30.0 Å². The van der Waals surface area contributed by atoms with Crippen molar-refractivity contribution < 1.29 is 4.74 Å². The Bertz CT molecular complexity index is 644. The number of aromatic nitrogens is 2. The van der Waals surface area contributed by atoms with E-state index < -0.39 is 0 Å². The van der Waals surface area contributed by atoms with Gasteiger partial charge in [0, 0.05) is 18.5 Å². The SMILES string of the molecule is N#Cc1nnc2ccccc2c1NCC1CCCOC1. The molecule has 1 N–H and O–H groups in total. The van der Waals surface area contributed by atoms with Crippen LogP contribution in [0.5, 0.6) is 0 Å². The number of nitriles is 1. The number of fused-ring (bicyclic) bond motifs is 1. The molecule has 1 aliphatic heterocycles. The fraction of sp³-hybridized carbons (Fsp3) is 0.400. The Labute approximate surface area is 117 Å². The number of rotatable bonds is 3. The highest BCUT2D eigenvalue weighted by Gasteiger charge is 2.16. The minimum atomic E-state index is 0.348. The van der Waals surface area contributed by atoms with Gasteiger partial charge in [-0.25, -0.2) is 0 Å². The van der Waals surface area contributed by atoms with E-state index in [1.54, 1.807) is 0 Å². The van der Waals surface area contributed by atoms with E-state index in [0.29, 0.717) is 11.6 Å². The fourth-order valence-electron chi connectivity index (χ4n) is 2.53. The summed E-state index contributed by atoms with van der Waals surface area (Å²) in [4.78, 5) is 0. The number of ether oxygens (including phenoxy) is 1. The second-order valence-electron chi connectivity index (χ2n) is 5.02. The van der Waals surface area contributed by atoms with Crippen LogP contribution in [0.4, 0.5) is 5.69 Å². The zero-order chi connectivity index (χ0) is 13.8. The van der Waals surface area contributed by atoms with Crippen LogP contribution in [0.3, 0.4) is 0 Å². The van der Waals surface area contributed by atoms with Gasteiger partial charge in [0.1, 0.15) is 6.07 Å². The van der Waals surface area contributed by atoms with Crippen LogP contribution < -0.4 is 5.32 Å². The van der Waals surface area contributed by atoms with Gasteiger partial charge < -0.3 is 10.1 Å². The smallest absolute Gasteiger partial charge is 0.186 e. The minimum Gasteiger partial charge on any atom is -0.382 e. The molecule has 3 rings (SSSR count). The van der Waals surface area contributed by atoms with Crippen LogP contribution in [-0.2, 0) is 4.74 Å². The molecule has 1 aromatic carbocycles. The first-order valence-corrected chi connectivity index (χ1v) is 6.85. The van der Waals surface area contributed by atoms with E-state index in [1.807, 2.05) is 24.3 Å². The van der Waals surface area contributed by atoms with Gasteiger partial charge in [0.15, 0.2) is 5.69 Å². The molecule has 0 amide bonds. The van der Waals surface area contributed by atoms with E-state index in [2.05, 4.69) is 21.6 Å². The summed E-state index contributed by atoms with van der Waals surface area (Å²) in [5, 5.41) is 21.6. The molecule has 2 heterocycles. The molecule has 5 nitrogen and oxygen atoms in total. The Morgan fingerprint density at radius 1 is 1.35 bits per heavy atom. The lowest BCUT2D eigenvalue weighted by Gasteiger charge is -2.23. The zero-order valence-corrected chi connectivity index (χ0v) is 11.2. The van der Waals surface area contributed by atoms with Gasteiger partial charge in [-0.05, 0) is 24.8 Å². The molecule has 2 aromatic rings. The van der Waals surface area contributed by atoms with Crippen molar-refractivity contribution in [3.8, 4) is 6.07 Å². The molecule has 1 saturated heterocycles. The van der Waals surface area contributed by atoms with Gasteiger partial charge >= 0.3 is 0 Å². The summed E-state index contributed by atoms with van der Waals surface area (Å²) in [6, 6.07) is 9.84. The molecule has 1 aromatic heterocycles. The highest BCUT2D eigenvalue weighted by Crippen LogP contribution is 2.24. The highest BCUT2D eigenvalue weighted by atomic mass is 16.5. The molecule has 1 unspecified atom stereocenters. The Kier molecular flexibility index (Phi) is 3.75. The topological polar surface area (TPSA) is 70.8 Å². The van der Waals surface area contributed by atoms with Crippen LogP contribution in [0, 0.1) is 17.2 Å². The quantitative estimate of drug-likeness (QED) is 0.925. The van der Waals surface area contributed by atoms with E-state index in [-0.39, 0.29) is 0 Å². The first kappa shape index (κ1) is 12.8. The maximum atomic E-state index is 9.20. The standard InChI is InChI=1S/C15H16N4O/c16-8-14-15(17-9-11-4-3-7-20-10-11)12-5-1-2-6-13(12)18-19-14/h1-2,5-6,11H,3-4,7,9-10H2,(H,17,18). The largest absolute Gasteiger partial charge is 0.382 e. The summed E-state index contributed by atoms with van der Waals surface area (Å²) in [6.07, 6.45) is 2.26. The van der Waals surface area contributed by atoms with E-state index in [9.17, 15) is 5.26 Å². The predicted octanol–water partition coefficient (Wildman–Crippen LogP) is 2.34. The first-order chi connectivity index (χ1) is 9.88. The summed E-state index contributed by atoms with van der Waals surface area (Å²) >= 11 is 0.